The lowest BCUT2D eigenvalue weighted by Crippen LogP contribution is -2.26. The molecule has 1 aliphatic carbocycles. The highest BCUT2D eigenvalue weighted by atomic mass is 16.5. The molecule has 1 aliphatic heterocycles. The second kappa shape index (κ2) is 3.57. The summed E-state index contributed by atoms with van der Waals surface area (Å²) in [5.41, 5.74) is 5.83. The molecule has 1 saturated carbocycles. The molecule has 82 valence electrons. The fourth-order valence-electron chi connectivity index (χ4n) is 2.04. The SMILES string of the molecule is NC1CCN(Cc2nc(C3CC3)no2)C1. The van der Waals surface area contributed by atoms with Gasteiger partial charge >= 0.3 is 0 Å². The predicted octanol–water partition coefficient (Wildman–Crippen LogP) is 0.480. The summed E-state index contributed by atoms with van der Waals surface area (Å²) in [5, 5.41) is 4.00. The van der Waals surface area contributed by atoms with E-state index in [0.717, 1.165) is 37.8 Å². The van der Waals surface area contributed by atoms with Crippen molar-refractivity contribution in [1.82, 2.24) is 15.0 Å². The summed E-state index contributed by atoms with van der Waals surface area (Å²) >= 11 is 0. The zero-order valence-corrected chi connectivity index (χ0v) is 8.72. The summed E-state index contributed by atoms with van der Waals surface area (Å²) in [4.78, 5) is 6.67. The molecule has 0 bridgehead atoms. The fourth-order valence-corrected chi connectivity index (χ4v) is 2.04. The highest BCUT2D eigenvalue weighted by molar-refractivity contribution is 5.03. The van der Waals surface area contributed by atoms with E-state index in [9.17, 15) is 0 Å². The van der Waals surface area contributed by atoms with Gasteiger partial charge in [-0.2, -0.15) is 4.98 Å². The van der Waals surface area contributed by atoms with E-state index in [0.29, 0.717) is 12.0 Å². The molecule has 2 aliphatic rings. The minimum absolute atomic E-state index is 0.316. The van der Waals surface area contributed by atoms with Crippen molar-refractivity contribution < 1.29 is 4.52 Å². The third-order valence-electron chi connectivity index (χ3n) is 3.09. The van der Waals surface area contributed by atoms with Gasteiger partial charge in [0.1, 0.15) is 0 Å². The van der Waals surface area contributed by atoms with Gasteiger partial charge in [0.05, 0.1) is 6.54 Å². The zero-order valence-electron chi connectivity index (χ0n) is 8.72. The number of nitrogens with two attached hydrogens (primary N) is 1. The molecule has 3 rings (SSSR count). The Labute approximate surface area is 88.6 Å². The molecule has 5 nitrogen and oxygen atoms in total. The molecule has 0 radical (unpaired) electrons. The molecule has 1 aromatic heterocycles. The third kappa shape index (κ3) is 2.03. The molecule has 1 atom stereocenters. The lowest BCUT2D eigenvalue weighted by atomic mass is 10.3. The van der Waals surface area contributed by atoms with Crippen LogP contribution >= 0.6 is 0 Å². The van der Waals surface area contributed by atoms with Crippen LogP contribution in [0.1, 0.15) is 36.9 Å². The number of likely N-dealkylation sites (tertiary alicyclic amines) is 1. The summed E-state index contributed by atoms with van der Waals surface area (Å²) in [6.07, 6.45) is 3.50. The van der Waals surface area contributed by atoms with Gasteiger partial charge in [-0.15, -0.1) is 0 Å². The lowest BCUT2D eigenvalue weighted by Gasteiger charge is -2.10. The van der Waals surface area contributed by atoms with Crippen LogP contribution in [0.2, 0.25) is 0 Å². The summed E-state index contributed by atoms with van der Waals surface area (Å²) < 4.78 is 5.22. The fraction of sp³-hybridized carbons (Fsp3) is 0.800. The molecule has 2 fully saturated rings. The van der Waals surface area contributed by atoms with Gasteiger partial charge < -0.3 is 10.3 Å². The molecule has 0 amide bonds. The van der Waals surface area contributed by atoms with Crippen LogP contribution in [0.5, 0.6) is 0 Å². The number of hydrogen-bond donors (Lipinski definition) is 1. The normalized spacial score (nSPS) is 27.4. The number of hydrogen-bond acceptors (Lipinski definition) is 5. The van der Waals surface area contributed by atoms with E-state index in [1.54, 1.807) is 0 Å². The predicted molar refractivity (Wildman–Crippen MR) is 54.1 cm³/mol. The minimum Gasteiger partial charge on any atom is -0.338 e. The van der Waals surface area contributed by atoms with Crippen LogP contribution in [0.25, 0.3) is 0 Å². The Morgan fingerprint density at radius 2 is 2.27 bits per heavy atom. The first-order chi connectivity index (χ1) is 7.31. The molecular weight excluding hydrogens is 192 g/mol. The molecule has 1 saturated heterocycles. The lowest BCUT2D eigenvalue weighted by molar-refractivity contribution is 0.265. The van der Waals surface area contributed by atoms with E-state index in [1.165, 1.54) is 12.8 Å². The Balaban J connectivity index is 1.61. The zero-order chi connectivity index (χ0) is 10.3. The summed E-state index contributed by atoms with van der Waals surface area (Å²) in [7, 11) is 0. The third-order valence-corrected chi connectivity index (χ3v) is 3.09. The molecule has 15 heavy (non-hydrogen) atoms. The van der Waals surface area contributed by atoms with Gasteiger partial charge in [0.15, 0.2) is 5.82 Å². The van der Waals surface area contributed by atoms with Gasteiger partial charge in [-0.1, -0.05) is 5.16 Å². The van der Waals surface area contributed by atoms with Crippen molar-refractivity contribution in [3.63, 3.8) is 0 Å². The van der Waals surface area contributed by atoms with Crippen molar-refractivity contribution in [2.75, 3.05) is 13.1 Å². The molecule has 1 aromatic rings. The Hall–Kier alpha value is -0.940. The maximum absolute atomic E-state index is 5.83. The topological polar surface area (TPSA) is 68.2 Å². The average molecular weight is 208 g/mol. The first-order valence-corrected chi connectivity index (χ1v) is 5.61. The van der Waals surface area contributed by atoms with E-state index >= 15 is 0 Å². The first kappa shape index (κ1) is 9.30. The molecule has 5 heteroatoms. The molecule has 2 N–H and O–H groups in total. The molecule has 1 unspecified atom stereocenters. The van der Waals surface area contributed by atoms with Crippen LogP contribution < -0.4 is 5.73 Å². The Morgan fingerprint density at radius 3 is 2.93 bits per heavy atom. The quantitative estimate of drug-likeness (QED) is 0.782. The van der Waals surface area contributed by atoms with E-state index in [4.69, 9.17) is 10.3 Å². The molecular formula is C10H16N4O. The van der Waals surface area contributed by atoms with Crippen molar-refractivity contribution in [2.45, 2.75) is 37.8 Å². The number of aromatic nitrogens is 2. The van der Waals surface area contributed by atoms with E-state index in [-0.39, 0.29) is 0 Å². The van der Waals surface area contributed by atoms with Crippen LogP contribution in [0.4, 0.5) is 0 Å². The van der Waals surface area contributed by atoms with Gasteiger partial charge in [0.25, 0.3) is 0 Å². The maximum Gasteiger partial charge on any atom is 0.240 e. The highest BCUT2D eigenvalue weighted by Gasteiger charge is 2.29. The van der Waals surface area contributed by atoms with Gasteiger partial charge in [-0.25, -0.2) is 0 Å². The van der Waals surface area contributed by atoms with Crippen molar-refractivity contribution in [3.8, 4) is 0 Å². The van der Waals surface area contributed by atoms with Gasteiger partial charge in [0.2, 0.25) is 5.89 Å². The van der Waals surface area contributed by atoms with Gasteiger partial charge in [0, 0.05) is 25.0 Å². The van der Waals surface area contributed by atoms with Crippen LogP contribution in [0.15, 0.2) is 4.52 Å². The highest BCUT2D eigenvalue weighted by Crippen LogP contribution is 2.38. The minimum atomic E-state index is 0.316. The van der Waals surface area contributed by atoms with Gasteiger partial charge in [-0.05, 0) is 19.3 Å². The van der Waals surface area contributed by atoms with Crippen molar-refractivity contribution in [2.24, 2.45) is 5.73 Å². The van der Waals surface area contributed by atoms with Crippen molar-refractivity contribution in [3.05, 3.63) is 11.7 Å². The van der Waals surface area contributed by atoms with Crippen molar-refractivity contribution in [1.29, 1.82) is 0 Å². The molecule has 0 spiro atoms. The maximum atomic E-state index is 5.83. The van der Waals surface area contributed by atoms with E-state index < -0.39 is 0 Å². The van der Waals surface area contributed by atoms with Crippen LogP contribution in [0, 0.1) is 0 Å². The number of rotatable bonds is 3. The first-order valence-electron chi connectivity index (χ1n) is 5.61. The Bertz CT molecular complexity index is 347. The monoisotopic (exact) mass is 208 g/mol. The summed E-state index contributed by atoms with van der Waals surface area (Å²) in [5.74, 6) is 2.21. The smallest absolute Gasteiger partial charge is 0.240 e. The van der Waals surface area contributed by atoms with Crippen LogP contribution in [0.3, 0.4) is 0 Å². The second-order valence-corrected chi connectivity index (χ2v) is 4.60. The summed E-state index contributed by atoms with van der Waals surface area (Å²) in [6.45, 7) is 2.75. The van der Waals surface area contributed by atoms with Gasteiger partial charge in [-0.3, -0.25) is 4.90 Å². The molecule has 0 aromatic carbocycles. The second-order valence-electron chi connectivity index (χ2n) is 4.60. The summed E-state index contributed by atoms with van der Waals surface area (Å²) in [6, 6.07) is 0.316. The average Bonchev–Trinajstić information content (AvgIpc) is 2.84. The number of nitrogens with zero attached hydrogens (tertiary/aromatic N) is 3. The van der Waals surface area contributed by atoms with Crippen LogP contribution in [-0.2, 0) is 6.54 Å². The van der Waals surface area contributed by atoms with Crippen LogP contribution in [-0.4, -0.2) is 34.2 Å². The van der Waals surface area contributed by atoms with E-state index in [1.807, 2.05) is 0 Å². The standard InChI is InChI=1S/C10H16N4O/c11-8-3-4-14(5-8)6-9-12-10(13-15-9)7-1-2-7/h7-8H,1-6,11H2. The Kier molecular flexibility index (Phi) is 2.21. The van der Waals surface area contributed by atoms with Crippen molar-refractivity contribution >= 4 is 0 Å². The Morgan fingerprint density at radius 1 is 1.40 bits per heavy atom. The van der Waals surface area contributed by atoms with E-state index in [2.05, 4.69) is 15.0 Å². The molecule has 2 heterocycles. The largest absolute Gasteiger partial charge is 0.338 e.